The lowest BCUT2D eigenvalue weighted by atomic mass is 9.95. The number of fused-ring (bicyclic) bond motifs is 6. The van der Waals surface area contributed by atoms with Gasteiger partial charge in [0.15, 0.2) is 0 Å². The highest BCUT2D eigenvalue weighted by Gasteiger charge is 2.19. The van der Waals surface area contributed by atoms with Crippen LogP contribution >= 0.6 is 0 Å². The summed E-state index contributed by atoms with van der Waals surface area (Å²) in [4.78, 5) is 77.2. The van der Waals surface area contributed by atoms with Crippen LogP contribution in [0.3, 0.4) is 0 Å². The van der Waals surface area contributed by atoms with E-state index in [9.17, 15) is 19.2 Å². The predicted octanol–water partition coefficient (Wildman–Crippen LogP) is 4.91. The number of carbonyl (C=O) groups excluding carboxylic acids is 4. The van der Waals surface area contributed by atoms with Crippen molar-refractivity contribution in [3.8, 4) is 22.5 Å². The molecular weight excluding hydrogens is 692 g/mol. The molecule has 6 aromatic rings. The van der Waals surface area contributed by atoms with Gasteiger partial charge in [0, 0.05) is 47.4 Å². The molecule has 16 heteroatoms. The molecule has 0 unspecified atom stereocenters. The van der Waals surface area contributed by atoms with Gasteiger partial charge in [-0.1, -0.05) is 38.1 Å². The fraction of sp³-hybridized carbons (Fsp3) is 0.316. The first-order valence-electron chi connectivity index (χ1n) is 17.6. The molecule has 0 atom stereocenters. The summed E-state index contributed by atoms with van der Waals surface area (Å²) in [6, 6.07) is 12.3. The quantitative estimate of drug-likeness (QED) is 0.112. The van der Waals surface area contributed by atoms with E-state index in [1.165, 1.54) is 14.2 Å². The second-order valence-corrected chi connectivity index (χ2v) is 12.6. The van der Waals surface area contributed by atoms with E-state index in [-0.39, 0.29) is 38.0 Å². The summed E-state index contributed by atoms with van der Waals surface area (Å²) in [6.45, 7) is 5.14. The van der Waals surface area contributed by atoms with E-state index in [1.54, 1.807) is 34.6 Å². The minimum Gasteiger partial charge on any atom is -0.453 e. The summed E-state index contributed by atoms with van der Waals surface area (Å²) in [5.41, 5.74) is 4.85. The van der Waals surface area contributed by atoms with Gasteiger partial charge in [-0.25, -0.2) is 19.6 Å². The van der Waals surface area contributed by atoms with Crippen molar-refractivity contribution in [2.24, 2.45) is 0 Å². The molecule has 280 valence electrons. The van der Waals surface area contributed by atoms with Crippen molar-refractivity contribution < 1.29 is 28.7 Å². The van der Waals surface area contributed by atoms with E-state index in [0.717, 1.165) is 67.9 Å². The molecule has 3 heterocycles. The van der Waals surface area contributed by atoms with Gasteiger partial charge in [0.1, 0.15) is 24.7 Å². The zero-order valence-corrected chi connectivity index (χ0v) is 30.6. The number of benzene rings is 3. The summed E-state index contributed by atoms with van der Waals surface area (Å²) in [7, 11) is 2.50. The zero-order chi connectivity index (χ0) is 38.2. The number of hydrogen-bond donors (Lipinski definition) is 4. The Morgan fingerprint density at radius 2 is 1.06 bits per heavy atom. The Hall–Kier alpha value is -6.58. The molecule has 0 radical (unpaired) electrons. The van der Waals surface area contributed by atoms with E-state index in [4.69, 9.17) is 9.97 Å². The molecule has 54 heavy (non-hydrogen) atoms. The molecule has 0 aliphatic rings. The third-order valence-electron chi connectivity index (χ3n) is 8.93. The van der Waals surface area contributed by atoms with Gasteiger partial charge in [0.2, 0.25) is 11.8 Å². The number of imidazole rings is 2. The molecule has 3 aromatic heterocycles. The number of ether oxygens (including phenoxy) is 2. The van der Waals surface area contributed by atoms with Crippen LogP contribution in [-0.4, -0.2) is 104 Å². The fourth-order valence-electron chi connectivity index (χ4n) is 6.35. The number of aromatic amines is 2. The molecule has 4 N–H and O–H groups in total. The first-order chi connectivity index (χ1) is 26.2. The van der Waals surface area contributed by atoms with Crippen LogP contribution in [0.25, 0.3) is 55.1 Å². The summed E-state index contributed by atoms with van der Waals surface area (Å²) < 4.78 is 9.16. The minimum absolute atomic E-state index is 0.170. The van der Waals surface area contributed by atoms with Gasteiger partial charge < -0.3 is 39.9 Å². The van der Waals surface area contributed by atoms with E-state index < -0.39 is 12.2 Å². The molecule has 6 rings (SSSR count). The minimum atomic E-state index is -0.664. The standard InChI is InChI=1S/C38H42N10O6/c1-5-13-47(33(49)19-43-37(51)53-3)21-31-41-17-29(45-31)23-7-9-25-26-10-8-24(16-28(26)36-35(27(25)15-23)39-11-12-40-36)30-18-42-32(46-30)22-48(14-6-2)34(50)20-44-38(52)54-4/h7-12,15-18H,5-6,13-14,19-22H2,1-4H3,(H,41,45)(H,42,46)(H,43,51)(H,44,52). The number of nitrogens with zero attached hydrogens (tertiary/aromatic N) is 6. The lowest BCUT2D eigenvalue weighted by Crippen LogP contribution is -2.40. The van der Waals surface area contributed by atoms with Crippen molar-refractivity contribution in [3.63, 3.8) is 0 Å². The van der Waals surface area contributed by atoms with Crippen molar-refractivity contribution in [2.75, 3.05) is 40.4 Å². The van der Waals surface area contributed by atoms with E-state index >= 15 is 0 Å². The van der Waals surface area contributed by atoms with Gasteiger partial charge in [0.25, 0.3) is 0 Å². The number of carbonyl (C=O) groups is 4. The molecule has 0 saturated heterocycles. The Morgan fingerprint density at radius 1 is 0.630 bits per heavy atom. The number of amides is 4. The smallest absolute Gasteiger partial charge is 0.407 e. The third-order valence-corrected chi connectivity index (χ3v) is 8.93. The largest absolute Gasteiger partial charge is 0.453 e. The molecule has 0 saturated carbocycles. The number of H-pyrrole nitrogens is 2. The summed E-state index contributed by atoms with van der Waals surface area (Å²) in [6.07, 6.45) is 7.01. The van der Waals surface area contributed by atoms with E-state index in [2.05, 4.69) is 64.3 Å². The van der Waals surface area contributed by atoms with Gasteiger partial charge >= 0.3 is 12.2 Å². The predicted molar refractivity (Wildman–Crippen MR) is 202 cm³/mol. The average Bonchev–Trinajstić information content (AvgIpc) is 3.88. The van der Waals surface area contributed by atoms with Crippen LogP contribution in [0.5, 0.6) is 0 Å². The molecule has 4 amide bonds. The first kappa shape index (κ1) is 37.2. The van der Waals surface area contributed by atoms with Crippen LogP contribution in [0.1, 0.15) is 38.3 Å². The molecule has 3 aromatic carbocycles. The van der Waals surface area contributed by atoms with Gasteiger partial charge in [-0.05, 0) is 35.7 Å². The van der Waals surface area contributed by atoms with Crippen molar-refractivity contribution in [1.29, 1.82) is 0 Å². The maximum absolute atomic E-state index is 12.8. The average molecular weight is 735 g/mol. The second kappa shape index (κ2) is 16.8. The fourth-order valence-corrected chi connectivity index (χ4v) is 6.35. The topological polar surface area (TPSA) is 200 Å². The van der Waals surface area contributed by atoms with Crippen molar-refractivity contribution >= 4 is 56.6 Å². The SMILES string of the molecule is CCCN(Cc1ncc(-c2ccc3c4ccc(-c5cnc(CN(CCC)C(=O)CNC(=O)OC)[nH]5)cc4c4nccnc4c3c2)[nH]1)C(=O)CNC(=O)OC. The van der Waals surface area contributed by atoms with E-state index in [1.807, 2.05) is 26.0 Å². The highest BCUT2D eigenvalue weighted by atomic mass is 16.5. The number of hydrogen-bond acceptors (Lipinski definition) is 10. The Balaban J connectivity index is 1.26. The van der Waals surface area contributed by atoms with Crippen molar-refractivity contribution in [3.05, 3.63) is 72.8 Å². The van der Waals surface area contributed by atoms with Gasteiger partial charge in [-0.3, -0.25) is 19.6 Å². The van der Waals surface area contributed by atoms with Crippen LogP contribution in [0, 0.1) is 0 Å². The molecule has 16 nitrogen and oxygen atoms in total. The Labute approximate surface area is 310 Å². The summed E-state index contributed by atoms with van der Waals surface area (Å²) in [5.74, 6) is 0.748. The maximum atomic E-state index is 12.8. The zero-order valence-electron chi connectivity index (χ0n) is 30.6. The van der Waals surface area contributed by atoms with Crippen LogP contribution < -0.4 is 10.6 Å². The van der Waals surface area contributed by atoms with Crippen molar-refractivity contribution in [2.45, 2.75) is 39.8 Å². The van der Waals surface area contributed by atoms with Crippen molar-refractivity contribution in [1.82, 2.24) is 50.3 Å². The number of aromatic nitrogens is 6. The molecule has 0 fully saturated rings. The number of nitrogens with one attached hydrogen (secondary N) is 4. The Kier molecular flexibility index (Phi) is 11.6. The molecular formula is C38H42N10O6. The lowest BCUT2D eigenvalue weighted by Gasteiger charge is -2.21. The van der Waals surface area contributed by atoms with Crippen LogP contribution in [0.4, 0.5) is 9.59 Å². The molecule has 0 spiro atoms. The Bertz CT molecular complexity index is 2140. The molecule has 0 aliphatic carbocycles. The van der Waals surface area contributed by atoms with E-state index in [0.29, 0.717) is 24.7 Å². The third kappa shape index (κ3) is 8.22. The number of alkyl carbamates (subject to hydrolysis) is 2. The Morgan fingerprint density at radius 3 is 1.44 bits per heavy atom. The number of rotatable bonds is 14. The van der Waals surface area contributed by atoms with Gasteiger partial charge in [0.05, 0.1) is 62.1 Å². The maximum Gasteiger partial charge on any atom is 0.407 e. The second-order valence-electron chi connectivity index (χ2n) is 12.6. The van der Waals surface area contributed by atoms with Crippen LogP contribution in [0.15, 0.2) is 61.2 Å². The summed E-state index contributed by atoms with van der Waals surface area (Å²) in [5, 5.41) is 8.75. The number of methoxy groups -OCH3 is 2. The van der Waals surface area contributed by atoms with Crippen LogP contribution in [-0.2, 0) is 32.2 Å². The monoisotopic (exact) mass is 734 g/mol. The molecule has 0 aliphatic heterocycles. The normalized spacial score (nSPS) is 11.1. The van der Waals surface area contributed by atoms with Gasteiger partial charge in [-0.2, -0.15) is 0 Å². The first-order valence-corrected chi connectivity index (χ1v) is 17.6. The van der Waals surface area contributed by atoms with Crippen LogP contribution in [0.2, 0.25) is 0 Å². The highest BCUT2D eigenvalue weighted by Crippen LogP contribution is 2.37. The molecule has 0 bridgehead atoms. The highest BCUT2D eigenvalue weighted by molar-refractivity contribution is 6.24. The van der Waals surface area contributed by atoms with Gasteiger partial charge in [-0.15, -0.1) is 0 Å². The summed E-state index contributed by atoms with van der Waals surface area (Å²) >= 11 is 0. The lowest BCUT2D eigenvalue weighted by molar-refractivity contribution is -0.131.